The van der Waals surface area contributed by atoms with Crippen LogP contribution in [0.15, 0.2) is 42.5 Å². The smallest absolute Gasteiger partial charge is 0.326 e. The Morgan fingerprint density at radius 3 is 2.52 bits per heavy atom. The molecule has 0 saturated carbocycles. The Kier molecular flexibility index (Phi) is 6.85. The molecule has 2 rings (SSSR count). The maximum atomic E-state index is 12.5. The van der Waals surface area contributed by atoms with Gasteiger partial charge in [0.15, 0.2) is 0 Å². The molecule has 0 saturated heterocycles. The van der Waals surface area contributed by atoms with Crippen molar-refractivity contribution in [3.63, 3.8) is 0 Å². The number of carbonyl (C=O) groups is 3. The number of nitrogens with one attached hydrogen (secondary N) is 1. The zero-order valence-corrected chi connectivity index (χ0v) is 15.6. The summed E-state index contributed by atoms with van der Waals surface area (Å²) < 4.78 is 10.0. The molecule has 0 aliphatic heterocycles. The lowest BCUT2D eigenvalue weighted by molar-refractivity contribution is -0.384. The molecule has 2 N–H and O–H groups in total. The molecule has 1 atom stereocenters. The van der Waals surface area contributed by atoms with Crippen molar-refractivity contribution in [1.82, 2.24) is 5.32 Å². The Balaban J connectivity index is 2.24. The van der Waals surface area contributed by atoms with Crippen LogP contribution in [-0.4, -0.2) is 41.0 Å². The molecule has 0 aliphatic carbocycles. The first-order valence-corrected chi connectivity index (χ1v) is 8.34. The van der Waals surface area contributed by atoms with Crippen molar-refractivity contribution >= 4 is 23.5 Å². The van der Waals surface area contributed by atoms with Gasteiger partial charge in [-0.05, 0) is 24.3 Å². The van der Waals surface area contributed by atoms with E-state index in [1.165, 1.54) is 56.5 Å². The second-order valence-corrected chi connectivity index (χ2v) is 5.94. The highest BCUT2D eigenvalue weighted by Crippen LogP contribution is 2.25. The van der Waals surface area contributed by atoms with E-state index < -0.39 is 28.8 Å². The van der Waals surface area contributed by atoms with Crippen LogP contribution in [0.2, 0.25) is 0 Å². The number of hydrogen-bond acceptors (Lipinski definition) is 7. The fourth-order valence-corrected chi connectivity index (χ4v) is 2.57. The molecule has 0 fully saturated rings. The summed E-state index contributed by atoms with van der Waals surface area (Å²) in [4.78, 5) is 45.5. The normalized spacial score (nSPS) is 11.2. The summed E-state index contributed by atoms with van der Waals surface area (Å²) in [7, 11) is 1.35. The molecule has 2 aromatic carbocycles. The van der Waals surface area contributed by atoms with Gasteiger partial charge in [-0.3, -0.25) is 19.7 Å². The number of methoxy groups -OCH3 is 1. The Hall–Kier alpha value is -3.95. The van der Waals surface area contributed by atoms with E-state index in [1.54, 1.807) is 0 Å². The number of ether oxygens (including phenoxy) is 2. The number of esters is 1. The summed E-state index contributed by atoms with van der Waals surface area (Å²) in [5.74, 6) is -2.21. The van der Waals surface area contributed by atoms with E-state index in [4.69, 9.17) is 9.47 Å². The Bertz CT molecular complexity index is 957. The predicted octanol–water partition coefficient (Wildman–Crippen LogP) is 1.95. The summed E-state index contributed by atoms with van der Waals surface area (Å²) in [5.41, 5.74) is 0.106. The number of benzene rings is 2. The minimum Gasteiger partial charge on any atom is -0.496 e. The lowest BCUT2D eigenvalue weighted by Gasteiger charge is -2.16. The fourth-order valence-electron chi connectivity index (χ4n) is 2.57. The number of hydrogen-bond donors (Lipinski definition) is 2. The van der Waals surface area contributed by atoms with Crippen molar-refractivity contribution in [3.8, 4) is 11.5 Å². The van der Waals surface area contributed by atoms with Crippen LogP contribution in [0.25, 0.3) is 0 Å². The van der Waals surface area contributed by atoms with Gasteiger partial charge in [0.25, 0.3) is 11.6 Å². The Morgan fingerprint density at radius 2 is 1.93 bits per heavy atom. The van der Waals surface area contributed by atoms with Gasteiger partial charge in [0.05, 0.1) is 12.0 Å². The monoisotopic (exact) mass is 402 g/mol. The molecule has 1 amide bonds. The number of rotatable bonds is 8. The van der Waals surface area contributed by atoms with Crippen LogP contribution in [0, 0.1) is 10.1 Å². The molecule has 2 aromatic rings. The molecule has 0 spiro atoms. The minimum absolute atomic E-state index is 0.0843. The molecule has 152 valence electrons. The van der Waals surface area contributed by atoms with E-state index >= 15 is 0 Å². The van der Waals surface area contributed by atoms with Gasteiger partial charge < -0.3 is 19.9 Å². The van der Waals surface area contributed by atoms with Crippen LogP contribution in [0.1, 0.15) is 22.8 Å². The van der Waals surface area contributed by atoms with Gasteiger partial charge >= 0.3 is 11.9 Å². The van der Waals surface area contributed by atoms with Crippen LogP contribution in [0.5, 0.6) is 11.5 Å². The van der Waals surface area contributed by atoms with Crippen molar-refractivity contribution in [3.05, 3.63) is 63.7 Å². The van der Waals surface area contributed by atoms with Gasteiger partial charge in [-0.15, -0.1) is 0 Å². The Morgan fingerprint density at radius 1 is 1.21 bits per heavy atom. The number of amides is 1. The summed E-state index contributed by atoms with van der Waals surface area (Å²) in [6.07, 6.45) is -0.241. The van der Waals surface area contributed by atoms with E-state index in [9.17, 15) is 29.6 Å². The first kappa shape index (κ1) is 21.4. The van der Waals surface area contributed by atoms with Gasteiger partial charge in [-0.25, -0.2) is 4.79 Å². The third-order valence-corrected chi connectivity index (χ3v) is 3.86. The van der Waals surface area contributed by atoms with Crippen molar-refractivity contribution < 1.29 is 33.9 Å². The maximum Gasteiger partial charge on any atom is 0.326 e. The van der Waals surface area contributed by atoms with Crippen LogP contribution >= 0.6 is 0 Å². The topological polar surface area (TPSA) is 145 Å². The third kappa shape index (κ3) is 5.76. The molecule has 0 aromatic heterocycles. The average Bonchev–Trinajstić information content (AvgIpc) is 2.66. The molecule has 10 heteroatoms. The number of nitro benzene ring substituents is 1. The number of aliphatic carboxylic acids is 1. The zero-order valence-electron chi connectivity index (χ0n) is 15.6. The molecular weight excluding hydrogens is 384 g/mol. The average molecular weight is 402 g/mol. The minimum atomic E-state index is -1.38. The van der Waals surface area contributed by atoms with Crippen molar-refractivity contribution in [2.75, 3.05) is 7.11 Å². The lowest BCUT2D eigenvalue weighted by atomic mass is 10.0. The van der Waals surface area contributed by atoms with Gasteiger partial charge in [0.1, 0.15) is 17.5 Å². The molecule has 0 bridgehead atoms. The molecular formula is C19H18N2O8. The van der Waals surface area contributed by atoms with Crippen LogP contribution < -0.4 is 14.8 Å². The van der Waals surface area contributed by atoms with Gasteiger partial charge in [-0.2, -0.15) is 0 Å². The molecule has 10 nitrogen and oxygen atoms in total. The fraction of sp³-hybridized carbons (Fsp3) is 0.211. The number of carboxylic acids is 1. The standard InChI is InChI=1S/C19H18N2O8/c1-11(22)29-15-5-3-4-12(9-15)18(23)20-16(19(24)25)10-13-8-14(21(26)27)6-7-17(13)28-2/h3-9,16H,10H2,1-2H3,(H,20,23)(H,24,25)/t16-/m1/s1. The van der Waals surface area contributed by atoms with E-state index in [-0.39, 0.29) is 34.7 Å². The van der Waals surface area contributed by atoms with E-state index in [0.29, 0.717) is 0 Å². The van der Waals surface area contributed by atoms with Gasteiger partial charge in [0, 0.05) is 36.6 Å². The quantitative estimate of drug-likeness (QED) is 0.295. The van der Waals surface area contributed by atoms with Crippen molar-refractivity contribution in [2.24, 2.45) is 0 Å². The highest BCUT2D eigenvalue weighted by Gasteiger charge is 2.24. The largest absolute Gasteiger partial charge is 0.496 e. The first-order valence-electron chi connectivity index (χ1n) is 8.34. The third-order valence-electron chi connectivity index (χ3n) is 3.86. The first-order chi connectivity index (χ1) is 13.7. The van der Waals surface area contributed by atoms with Gasteiger partial charge in [-0.1, -0.05) is 6.07 Å². The highest BCUT2D eigenvalue weighted by molar-refractivity contribution is 5.97. The summed E-state index contributed by atoms with van der Waals surface area (Å²) in [5, 5.41) is 22.8. The number of nitrogens with zero attached hydrogens (tertiary/aromatic N) is 1. The van der Waals surface area contributed by atoms with Gasteiger partial charge in [0.2, 0.25) is 0 Å². The lowest BCUT2D eigenvalue weighted by Crippen LogP contribution is -2.42. The summed E-state index contributed by atoms with van der Waals surface area (Å²) in [6, 6.07) is 8.08. The second-order valence-electron chi connectivity index (χ2n) is 5.94. The van der Waals surface area contributed by atoms with Crippen LogP contribution in [-0.2, 0) is 16.0 Å². The van der Waals surface area contributed by atoms with Crippen molar-refractivity contribution in [1.29, 1.82) is 0 Å². The number of carbonyl (C=O) groups excluding carboxylic acids is 2. The molecule has 0 unspecified atom stereocenters. The highest BCUT2D eigenvalue weighted by atomic mass is 16.6. The van der Waals surface area contributed by atoms with Crippen molar-refractivity contribution in [2.45, 2.75) is 19.4 Å². The molecule has 0 heterocycles. The molecule has 0 radical (unpaired) electrons. The molecule has 29 heavy (non-hydrogen) atoms. The second kappa shape index (κ2) is 9.31. The number of non-ortho nitro benzene ring substituents is 1. The summed E-state index contributed by atoms with van der Waals surface area (Å²) >= 11 is 0. The maximum absolute atomic E-state index is 12.5. The van der Waals surface area contributed by atoms with E-state index in [1.807, 2.05) is 0 Å². The molecule has 0 aliphatic rings. The number of carboxylic acid groups (broad SMARTS) is 1. The van der Waals surface area contributed by atoms with Crippen LogP contribution in [0.4, 0.5) is 5.69 Å². The van der Waals surface area contributed by atoms with E-state index in [2.05, 4.69) is 5.32 Å². The predicted molar refractivity (Wildman–Crippen MR) is 100.0 cm³/mol. The number of nitro groups is 1. The van der Waals surface area contributed by atoms with Crippen LogP contribution in [0.3, 0.4) is 0 Å². The summed E-state index contributed by atoms with van der Waals surface area (Å²) in [6.45, 7) is 1.21. The van der Waals surface area contributed by atoms with E-state index in [0.717, 1.165) is 0 Å². The SMILES string of the molecule is COc1ccc([N+](=O)[O-])cc1C[C@@H](NC(=O)c1cccc(OC(C)=O)c1)C(=O)O. The zero-order chi connectivity index (χ0) is 21.6. The Labute approximate surface area is 165 Å².